The Labute approximate surface area is 120 Å². The summed E-state index contributed by atoms with van der Waals surface area (Å²) in [6.45, 7) is 5.43. The molecule has 0 aromatic carbocycles. The predicted octanol–water partition coefficient (Wildman–Crippen LogP) is 1.91. The van der Waals surface area contributed by atoms with E-state index in [0.29, 0.717) is 11.8 Å². The van der Waals surface area contributed by atoms with Crippen LogP contribution in [0.3, 0.4) is 0 Å². The van der Waals surface area contributed by atoms with Crippen LogP contribution in [0.2, 0.25) is 0 Å². The van der Waals surface area contributed by atoms with E-state index in [1.165, 1.54) is 12.8 Å². The average Bonchev–Trinajstić information content (AvgIpc) is 3.23. The lowest BCUT2D eigenvalue weighted by atomic mass is 10.0. The van der Waals surface area contributed by atoms with Crippen molar-refractivity contribution in [2.24, 2.45) is 5.92 Å². The zero-order chi connectivity index (χ0) is 14.3. The highest BCUT2D eigenvalue weighted by Gasteiger charge is 2.34. The fourth-order valence-corrected chi connectivity index (χ4v) is 3.12. The topological polar surface area (TPSA) is 61.3 Å². The van der Waals surface area contributed by atoms with Crippen LogP contribution in [0.5, 0.6) is 0 Å². The summed E-state index contributed by atoms with van der Waals surface area (Å²) in [6, 6.07) is 0.181. The molecule has 2 heterocycles. The molecule has 0 bridgehead atoms. The van der Waals surface area contributed by atoms with Crippen LogP contribution in [0.25, 0.3) is 0 Å². The second-order valence-electron chi connectivity index (χ2n) is 6.11. The SMILES string of the molecule is CNc1nc(C2CC2)nc(N2CCC(C)C2CO)c1C. The quantitative estimate of drug-likeness (QED) is 0.879. The van der Waals surface area contributed by atoms with Crippen molar-refractivity contribution in [2.45, 2.75) is 45.1 Å². The van der Waals surface area contributed by atoms with Gasteiger partial charge in [-0.25, -0.2) is 9.97 Å². The van der Waals surface area contributed by atoms with E-state index in [-0.39, 0.29) is 12.6 Å². The van der Waals surface area contributed by atoms with Crippen LogP contribution in [0.15, 0.2) is 0 Å². The molecule has 2 unspecified atom stereocenters. The summed E-state index contributed by atoms with van der Waals surface area (Å²) in [7, 11) is 1.91. The first kappa shape index (κ1) is 13.6. The van der Waals surface area contributed by atoms with Crippen LogP contribution in [0.4, 0.5) is 11.6 Å². The van der Waals surface area contributed by atoms with Crippen molar-refractivity contribution in [3.05, 3.63) is 11.4 Å². The van der Waals surface area contributed by atoms with Gasteiger partial charge in [-0.05, 0) is 32.1 Å². The Morgan fingerprint density at radius 3 is 2.65 bits per heavy atom. The minimum Gasteiger partial charge on any atom is -0.394 e. The number of anilines is 2. The van der Waals surface area contributed by atoms with Crippen molar-refractivity contribution in [2.75, 3.05) is 30.4 Å². The minimum absolute atomic E-state index is 0.181. The molecule has 0 spiro atoms. The van der Waals surface area contributed by atoms with E-state index < -0.39 is 0 Å². The fourth-order valence-electron chi connectivity index (χ4n) is 3.12. The van der Waals surface area contributed by atoms with Crippen molar-refractivity contribution in [1.82, 2.24) is 9.97 Å². The lowest BCUT2D eigenvalue weighted by molar-refractivity contribution is 0.244. The van der Waals surface area contributed by atoms with Gasteiger partial charge in [-0.15, -0.1) is 0 Å². The highest BCUT2D eigenvalue weighted by atomic mass is 16.3. The second-order valence-corrected chi connectivity index (χ2v) is 6.11. The molecule has 110 valence electrons. The molecule has 1 saturated heterocycles. The second kappa shape index (κ2) is 5.20. The van der Waals surface area contributed by atoms with Gasteiger partial charge in [0.05, 0.1) is 12.6 Å². The van der Waals surface area contributed by atoms with Crippen LogP contribution in [-0.4, -0.2) is 41.3 Å². The Morgan fingerprint density at radius 2 is 2.05 bits per heavy atom. The summed E-state index contributed by atoms with van der Waals surface area (Å²) in [5.74, 6) is 3.94. The molecule has 3 rings (SSSR count). The van der Waals surface area contributed by atoms with E-state index in [4.69, 9.17) is 4.98 Å². The van der Waals surface area contributed by atoms with Gasteiger partial charge in [-0.3, -0.25) is 0 Å². The number of nitrogens with one attached hydrogen (secondary N) is 1. The van der Waals surface area contributed by atoms with Gasteiger partial charge in [0.1, 0.15) is 17.5 Å². The Bertz CT molecular complexity index is 501. The number of hydrogen-bond donors (Lipinski definition) is 2. The maximum atomic E-state index is 9.68. The van der Waals surface area contributed by atoms with Gasteiger partial charge in [0.2, 0.25) is 0 Å². The molecule has 2 aliphatic rings. The molecule has 1 aliphatic heterocycles. The molecule has 20 heavy (non-hydrogen) atoms. The first-order valence-corrected chi connectivity index (χ1v) is 7.59. The Balaban J connectivity index is 2.01. The largest absolute Gasteiger partial charge is 0.394 e. The average molecular weight is 276 g/mol. The highest BCUT2D eigenvalue weighted by Crippen LogP contribution is 2.41. The number of aliphatic hydroxyl groups excluding tert-OH is 1. The zero-order valence-electron chi connectivity index (χ0n) is 12.6. The molecule has 5 heteroatoms. The first-order chi connectivity index (χ1) is 9.65. The third kappa shape index (κ3) is 2.24. The van der Waals surface area contributed by atoms with Crippen LogP contribution in [0, 0.1) is 12.8 Å². The lowest BCUT2D eigenvalue weighted by Crippen LogP contribution is -2.36. The van der Waals surface area contributed by atoms with Crippen molar-refractivity contribution < 1.29 is 5.11 Å². The maximum Gasteiger partial charge on any atom is 0.137 e. The smallest absolute Gasteiger partial charge is 0.137 e. The first-order valence-electron chi connectivity index (χ1n) is 7.59. The van der Waals surface area contributed by atoms with Gasteiger partial charge < -0.3 is 15.3 Å². The van der Waals surface area contributed by atoms with Crippen molar-refractivity contribution in [3.63, 3.8) is 0 Å². The van der Waals surface area contributed by atoms with Gasteiger partial charge in [0, 0.05) is 25.1 Å². The van der Waals surface area contributed by atoms with E-state index in [9.17, 15) is 5.11 Å². The van der Waals surface area contributed by atoms with Crippen molar-refractivity contribution in [3.8, 4) is 0 Å². The Kier molecular flexibility index (Phi) is 3.54. The van der Waals surface area contributed by atoms with Gasteiger partial charge >= 0.3 is 0 Å². The summed E-state index contributed by atoms with van der Waals surface area (Å²) in [5, 5.41) is 12.9. The van der Waals surface area contributed by atoms with Crippen LogP contribution >= 0.6 is 0 Å². The summed E-state index contributed by atoms with van der Waals surface area (Å²) in [6.07, 6.45) is 3.51. The number of aliphatic hydroxyl groups is 1. The zero-order valence-corrected chi connectivity index (χ0v) is 12.6. The van der Waals surface area contributed by atoms with Gasteiger partial charge in [-0.1, -0.05) is 6.92 Å². The standard InChI is InChI=1S/C15H24N4O/c1-9-6-7-19(12(9)8-20)15-10(2)13(16-3)17-14(18-15)11-4-5-11/h9,11-12,20H,4-8H2,1-3H3,(H,16,17,18). The predicted molar refractivity (Wildman–Crippen MR) is 80.3 cm³/mol. The van der Waals surface area contributed by atoms with Crippen LogP contribution in [-0.2, 0) is 0 Å². The summed E-state index contributed by atoms with van der Waals surface area (Å²) >= 11 is 0. The normalized spacial score (nSPS) is 26.1. The molecule has 1 aliphatic carbocycles. The summed E-state index contributed by atoms with van der Waals surface area (Å²) in [5.41, 5.74) is 1.09. The molecule has 2 N–H and O–H groups in total. The minimum atomic E-state index is 0.181. The molecular formula is C15H24N4O. The number of nitrogens with zero attached hydrogens (tertiary/aromatic N) is 3. The molecule has 5 nitrogen and oxygen atoms in total. The van der Waals surface area contributed by atoms with Crippen molar-refractivity contribution >= 4 is 11.6 Å². The van der Waals surface area contributed by atoms with Gasteiger partial charge in [0.15, 0.2) is 0 Å². The number of rotatable bonds is 4. The Morgan fingerprint density at radius 1 is 1.30 bits per heavy atom. The molecule has 2 atom stereocenters. The summed E-state index contributed by atoms with van der Waals surface area (Å²) < 4.78 is 0. The van der Waals surface area contributed by atoms with E-state index in [0.717, 1.165) is 36.0 Å². The molecule has 0 radical (unpaired) electrons. The van der Waals surface area contributed by atoms with E-state index in [1.807, 2.05) is 7.05 Å². The molecule has 1 aromatic heterocycles. The van der Waals surface area contributed by atoms with E-state index in [1.54, 1.807) is 0 Å². The highest BCUT2D eigenvalue weighted by molar-refractivity contribution is 5.60. The third-order valence-electron chi connectivity index (χ3n) is 4.66. The molecule has 2 fully saturated rings. The van der Waals surface area contributed by atoms with Crippen LogP contribution in [0.1, 0.15) is 43.5 Å². The van der Waals surface area contributed by atoms with Gasteiger partial charge in [-0.2, -0.15) is 0 Å². The molecule has 1 saturated carbocycles. The van der Waals surface area contributed by atoms with Crippen molar-refractivity contribution in [1.29, 1.82) is 0 Å². The Hall–Kier alpha value is -1.36. The van der Waals surface area contributed by atoms with E-state index in [2.05, 4.69) is 29.0 Å². The van der Waals surface area contributed by atoms with E-state index >= 15 is 0 Å². The lowest BCUT2D eigenvalue weighted by Gasteiger charge is -2.28. The molecule has 0 amide bonds. The fraction of sp³-hybridized carbons (Fsp3) is 0.733. The number of hydrogen-bond acceptors (Lipinski definition) is 5. The molecular weight excluding hydrogens is 252 g/mol. The summed E-state index contributed by atoms with van der Waals surface area (Å²) in [4.78, 5) is 11.7. The van der Waals surface area contributed by atoms with Gasteiger partial charge in [0.25, 0.3) is 0 Å². The maximum absolute atomic E-state index is 9.68. The number of aromatic nitrogens is 2. The molecule has 1 aromatic rings. The third-order valence-corrected chi connectivity index (χ3v) is 4.66. The van der Waals surface area contributed by atoms with Crippen LogP contribution < -0.4 is 10.2 Å². The monoisotopic (exact) mass is 276 g/mol.